The third-order valence-corrected chi connectivity index (χ3v) is 3.38. The molecule has 0 aliphatic heterocycles. The molecule has 0 saturated carbocycles. The quantitative estimate of drug-likeness (QED) is 0.555. The minimum absolute atomic E-state index is 0.238. The lowest BCUT2D eigenvalue weighted by Crippen LogP contribution is -2.07. The second kappa shape index (κ2) is 8.82. The van der Waals surface area contributed by atoms with Gasteiger partial charge in [-0.25, -0.2) is 0 Å². The minimum atomic E-state index is -0.257. The summed E-state index contributed by atoms with van der Waals surface area (Å²) in [5.41, 5.74) is 2.11. The molecule has 0 spiro atoms. The van der Waals surface area contributed by atoms with Crippen LogP contribution in [0.1, 0.15) is 24.0 Å². The van der Waals surface area contributed by atoms with Crippen LogP contribution in [-0.4, -0.2) is 24.7 Å². The van der Waals surface area contributed by atoms with Crippen molar-refractivity contribution in [3.63, 3.8) is 0 Å². The summed E-state index contributed by atoms with van der Waals surface area (Å²) in [5, 5.41) is 0. The highest BCUT2D eigenvalue weighted by Crippen LogP contribution is 2.19. The summed E-state index contributed by atoms with van der Waals surface area (Å²) in [6.07, 6.45) is 6.92. The molecule has 2 rings (SSSR count). The highest BCUT2D eigenvalue weighted by molar-refractivity contribution is 5.73. The Kier molecular flexibility index (Phi) is 6.42. The predicted octanol–water partition coefficient (Wildman–Crippen LogP) is 3.20. The Morgan fingerprint density at radius 1 is 1.14 bits per heavy atom. The second-order valence-electron chi connectivity index (χ2n) is 5.03. The lowest BCUT2D eigenvalue weighted by Gasteiger charge is -2.10. The van der Waals surface area contributed by atoms with E-state index in [4.69, 9.17) is 9.47 Å². The highest BCUT2D eigenvalue weighted by atomic mass is 16.5. The number of para-hydroxylation sites is 1. The molecule has 0 saturated heterocycles. The van der Waals surface area contributed by atoms with E-state index in [2.05, 4.69) is 11.1 Å². The number of aromatic nitrogens is 1. The van der Waals surface area contributed by atoms with Crippen molar-refractivity contribution in [2.75, 3.05) is 13.7 Å². The number of esters is 1. The molecule has 1 aromatic heterocycles. The number of carbonyl (C=O) groups excluding carboxylic acids is 1. The molecule has 0 bridgehead atoms. The van der Waals surface area contributed by atoms with Crippen LogP contribution in [0.25, 0.3) is 0 Å². The molecule has 0 fully saturated rings. The van der Waals surface area contributed by atoms with Gasteiger partial charge in [-0.15, -0.1) is 0 Å². The van der Waals surface area contributed by atoms with Crippen LogP contribution in [0.3, 0.4) is 0 Å². The van der Waals surface area contributed by atoms with Crippen LogP contribution in [-0.2, 0) is 22.4 Å². The molecule has 0 amide bonds. The van der Waals surface area contributed by atoms with Crippen LogP contribution in [0.4, 0.5) is 0 Å². The number of nitrogens with zero attached hydrogens (tertiary/aromatic N) is 1. The Balaban J connectivity index is 1.76. The number of carbonyl (C=O) groups is 1. The summed E-state index contributed by atoms with van der Waals surface area (Å²) in [6, 6.07) is 11.6. The molecule has 0 aliphatic carbocycles. The standard InChI is InChI=1S/C18H21NO3/c1-21-18(20)13-16-9-2-3-10-17(16)22-12-5-4-7-15-8-6-11-19-14-15/h2-3,6,8-11,14H,4-5,7,12-13H2,1H3. The van der Waals surface area contributed by atoms with E-state index in [9.17, 15) is 4.79 Å². The van der Waals surface area contributed by atoms with Gasteiger partial charge in [0.15, 0.2) is 0 Å². The van der Waals surface area contributed by atoms with E-state index in [1.165, 1.54) is 12.7 Å². The number of methoxy groups -OCH3 is 1. The molecule has 0 atom stereocenters. The number of hydrogen-bond acceptors (Lipinski definition) is 4. The van der Waals surface area contributed by atoms with Gasteiger partial charge in [0.25, 0.3) is 0 Å². The van der Waals surface area contributed by atoms with Crippen molar-refractivity contribution in [2.24, 2.45) is 0 Å². The zero-order valence-corrected chi connectivity index (χ0v) is 12.8. The Labute approximate surface area is 131 Å². The normalized spacial score (nSPS) is 10.2. The number of rotatable bonds is 8. The van der Waals surface area contributed by atoms with Gasteiger partial charge in [-0.05, 0) is 37.0 Å². The first kappa shape index (κ1) is 16.0. The number of unbranched alkanes of at least 4 members (excludes halogenated alkanes) is 1. The first-order valence-electron chi connectivity index (χ1n) is 7.46. The van der Waals surface area contributed by atoms with Crippen LogP contribution < -0.4 is 4.74 Å². The molecule has 2 aromatic rings. The molecule has 116 valence electrons. The summed E-state index contributed by atoms with van der Waals surface area (Å²) >= 11 is 0. The van der Waals surface area contributed by atoms with Gasteiger partial charge >= 0.3 is 5.97 Å². The second-order valence-corrected chi connectivity index (χ2v) is 5.03. The van der Waals surface area contributed by atoms with E-state index in [0.717, 1.165) is 30.6 Å². The van der Waals surface area contributed by atoms with Gasteiger partial charge in [0.2, 0.25) is 0 Å². The molecule has 22 heavy (non-hydrogen) atoms. The third-order valence-electron chi connectivity index (χ3n) is 3.38. The number of ether oxygens (including phenoxy) is 2. The monoisotopic (exact) mass is 299 g/mol. The summed E-state index contributed by atoms with van der Waals surface area (Å²) in [6.45, 7) is 0.637. The first-order valence-corrected chi connectivity index (χ1v) is 7.46. The van der Waals surface area contributed by atoms with Crippen molar-refractivity contribution in [3.8, 4) is 5.75 Å². The number of benzene rings is 1. The SMILES string of the molecule is COC(=O)Cc1ccccc1OCCCCc1cccnc1. The number of hydrogen-bond donors (Lipinski definition) is 0. The van der Waals surface area contributed by atoms with Crippen molar-refractivity contribution in [3.05, 3.63) is 59.9 Å². The lowest BCUT2D eigenvalue weighted by molar-refractivity contribution is -0.139. The largest absolute Gasteiger partial charge is 0.493 e. The van der Waals surface area contributed by atoms with E-state index in [-0.39, 0.29) is 12.4 Å². The minimum Gasteiger partial charge on any atom is -0.493 e. The molecule has 4 nitrogen and oxygen atoms in total. The van der Waals surface area contributed by atoms with E-state index in [1.807, 2.05) is 36.5 Å². The summed E-state index contributed by atoms with van der Waals surface area (Å²) in [4.78, 5) is 15.5. The van der Waals surface area contributed by atoms with Gasteiger partial charge in [-0.1, -0.05) is 24.3 Å². The van der Waals surface area contributed by atoms with Gasteiger partial charge in [-0.3, -0.25) is 9.78 Å². The average Bonchev–Trinajstić information content (AvgIpc) is 2.57. The first-order chi connectivity index (χ1) is 10.8. The molecule has 4 heteroatoms. The fraction of sp³-hybridized carbons (Fsp3) is 0.333. The maximum atomic E-state index is 11.4. The van der Waals surface area contributed by atoms with Crippen LogP contribution in [0.15, 0.2) is 48.8 Å². The van der Waals surface area contributed by atoms with Crippen LogP contribution in [0.5, 0.6) is 5.75 Å². The van der Waals surface area contributed by atoms with Gasteiger partial charge in [0.05, 0.1) is 20.1 Å². The Hall–Kier alpha value is -2.36. The van der Waals surface area contributed by atoms with E-state index < -0.39 is 0 Å². The Morgan fingerprint density at radius 2 is 2.00 bits per heavy atom. The molecule has 0 aliphatic rings. The Bertz CT molecular complexity index is 584. The van der Waals surface area contributed by atoms with Crippen molar-refractivity contribution < 1.29 is 14.3 Å². The third kappa shape index (κ3) is 5.20. The van der Waals surface area contributed by atoms with E-state index in [0.29, 0.717) is 6.61 Å². The molecule has 0 radical (unpaired) electrons. The molecule has 0 N–H and O–H groups in total. The maximum absolute atomic E-state index is 11.4. The maximum Gasteiger partial charge on any atom is 0.310 e. The zero-order chi connectivity index (χ0) is 15.6. The smallest absolute Gasteiger partial charge is 0.310 e. The average molecular weight is 299 g/mol. The Morgan fingerprint density at radius 3 is 2.77 bits per heavy atom. The summed E-state index contributed by atoms with van der Waals surface area (Å²) in [5.74, 6) is 0.502. The molecule has 1 aromatic carbocycles. The van der Waals surface area contributed by atoms with Gasteiger partial charge < -0.3 is 9.47 Å². The summed E-state index contributed by atoms with van der Waals surface area (Å²) < 4.78 is 10.5. The van der Waals surface area contributed by atoms with Gasteiger partial charge in [0.1, 0.15) is 5.75 Å². The van der Waals surface area contributed by atoms with Crippen molar-refractivity contribution in [2.45, 2.75) is 25.7 Å². The van der Waals surface area contributed by atoms with Crippen LogP contribution in [0.2, 0.25) is 0 Å². The molecular formula is C18H21NO3. The fourth-order valence-electron chi connectivity index (χ4n) is 2.18. The van der Waals surface area contributed by atoms with Gasteiger partial charge in [0, 0.05) is 18.0 Å². The van der Waals surface area contributed by atoms with Crippen molar-refractivity contribution in [1.29, 1.82) is 0 Å². The van der Waals surface area contributed by atoms with E-state index in [1.54, 1.807) is 6.20 Å². The van der Waals surface area contributed by atoms with Gasteiger partial charge in [-0.2, -0.15) is 0 Å². The molecular weight excluding hydrogens is 278 g/mol. The highest BCUT2D eigenvalue weighted by Gasteiger charge is 2.08. The predicted molar refractivity (Wildman–Crippen MR) is 84.8 cm³/mol. The lowest BCUT2D eigenvalue weighted by atomic mass is 10.1. The van der Waals surface area contributed by atoms with E-state index >= 15 is 0 Å². The van der Waals surface area contributed by atoms with Crippen molar-refractivity contribution in [1.82, 2.24) is 4.98 Å². The van der Waals surface area contributed by atoms with Crippen LogP contribution >= 0.6 is 0 Å². The van der Waals surface area contributed by atoms with Crippen LogP contribution in [0, 0.1) is 0 Å². The molecule has 0 unspecified atom stereocenters. The van der Waals surface area contributed by atoms with Crippen molar-refractivity contribution >= 4 is 5.97 Å². The number of pyridine rings is 1. The summed E-state index contributed by atoms with van der Waals surface area (Å²) in [7, 11) is 1.39. The topological polar surface area (TPSA) is 48.4 Å². The molecule has 1 heterocycles. The zero-order valence-electron chi connectivity index (χ0n) is 12.8. The fourth-order valence-corrected chi connectivity index (χ4v) is 2.18. The number of aryl methyl sites for hydroxylation is 1.